The highest BCUT2D eigenvalue weighted by molar-refractivity contribution is 5.95. The Hall–Kier alpha value is -5.24. The van der Waals surface area contributed by atoms with Crippen LogP contribution in [0.5, 0.6) is 5.75 Å². The summed E-state index contributed by atoms with van der Waals surface area (Å²) in [5.74, 6) is -1.89. The molecule has 3 aliphatic rings. The number of carboxylic acid groups (broad SMARTS) is 1. The molecule has 0 bridgehead atoms. The Morgan fingerprint density at radius 2 is 1.57 bits per heavy atom. The van der Waals surface area contributed by atoms with Crippen molar-refractivity contribution in [2.75, 3.05) is 39.9 Å². The molecule has 0 aromatic heterocycles. The number of carboxylic acids is 1. The van der Waals surface area contributed by atoms with Crippen molar-refractivity contribution in [1.29, 1.82) is 0 Å². The summed E-state index contributed by atoms with van der Waals surface area (Å²) in [6.07, 6.45) is 12.4. The molecule has 322 valence electrons. The molecule has 3 N–H and O–H groups in total. The number of hydrogen-bond acceptors (Lipinski definition) is 7. The van der Waals surface area contributed by atoms with E-state index in [-0.39, 0.29) is 18.2 Å². The van der Waals surface area contributed by atoms with Crippen molar-refractivity contribution in [3.05, 3.63) is 119 Å². The molecule has 2 amide bonds. The number of carbonyl (C=O) groups is 3. The topological polar surface area (TPSA) is 129 Å². The van der Waals surface area contributed by atoms with Gasteiger partial charge < -0.3 is 34.8 Å². The van der Waals surface area contributed by atoms with Gasteiger partial charge in [-0.3, -0.25) is 9.59 Å². The van der Waals surface area contributed by atoms with Crippen LogP contribution in [0.25, 0.3) is 17.2 Å². The summed E-state index contributed by atoms with van der Waals surface area (Å²) < 4.78 is 42.5. The minimum atomic E-state index is -5.08. The molecule has 0 saturated carbocycles. The molecule has 0 radical (unpaired) electrons. The van der Waals surface area contributed by atoms with Gasteiger partial charge in [-0.25, -0.2) is 4.79 Å². The number of allylic oxidation sites excluding steroid dienone is 1. The molecule has 13 heteroatoms. The predicted octanol–water partition coefficient (Wildman–Crippen LogP) is 8.63. The molecule has 0 spiro atoms. The van der Waals surface area contributed by atoms with Crippen molar-refractivity contribution in [3.63, 3.8) is 0 Å². The lowest BCUT2D eigenvalue weighted by atomic mass is 9.87. The molecule has 2 aliphatic heterocycles. The average molecular weight is 832 g/mol. The number of aliphatic hydroxyl groups is 1. The number of benzene rings is 3. The highest BCUT2D eigenvalue weighted by atomic mass is 19.4. The zero-order chi connectivity index (χ0) is 43.1. The number of methoxy groups -OCH3 is 1. The van der Waals surface area contributed by atoms with Crippen LogP contribution in [0, 0.1) is 11.8 Å². The van der Waals surface area contributed by atoms with E-state index < -0.39 is 17.9 Å². The molecular formula is C47H56F3N3O7. The Balaban J connectivity index is 0.000000896. The van der Waals surface area contributed by atoms with Crippen LogP contribution >= 0.6 is 0 Å². The Morgan fingerprint density at radius 1 is 0.933 bits per heavy atom. The largest absolute Gasteiger partial charge is 0.497 e. The molecule has 2 saturated heterocycles. The zero-order valence-corrected chi connectivity index (χ0v) is 34.3. The van der Waals surface area contributed by atoms with E-state index in [0.29, 0.717) is 24.4 Å². The summed E-state index contributed by atoms with van der Waals surface area (Å²) in [5, 5.41) is 21.4. The Morgan fingerprint density at radius 3 is 2.17 bits per heavy atom. The maximum Gasteiger partial charge on any atom is 0.490 e. The number of aliphatic carboxylic acids is 1. The molecule has 6 rings (SSSR count). The monoisotopic (exact) mass is 831 g/mol. The van der Waals surface area contributed by atoms with Crippen LogP contribution in [0.2, 0.25) is 0 Å². The molecule has 2 fully saturated rings. The van der Waals surface area contributed by atoms with Crippen LogP contribution in [0.3, 0.4) is 0 Å². The van der Waals surface area contributed by atoms with Gasteiger partial charge in [0.05, 0.1) is 13.7 Å². The van der Waals surface area contributed by atoms with Crippen LogP contribution in [0.1, 0.15) is 79.8 Å². The number of ether oxygens (including phenoxy) is 2. The summed E-state index contributed by atoms with van der Waals surface area (Å²) >= 11 is 0. The first-order valence-electron chi connectivity index (χ1n) is 20.7. The number of amides is 2. The summed E-state index contributed by atoms with van der Waals surface area (Å²) in [4.78, 5) is 40.1. The predicted molar refractivity (Wildman–Crippen MR) is 225 cm³/mol. The van der Waals surface area contributed by atoms with Gasteiger partial charge in [-0.2, -0.15) is 13.2 Å². The van der Waals surface area contributed by atoms with E-state index in [1.807, 2.05) is 84.6 Å². The molecule has 3 aromatic rings. The molecule has 3 aromatic carbocycles. The van der Waals surface area contributed by atoms with Gasteiger partial charge in [0.2, 0.25) is 0 Å². The third-order valence-electron chi connectivity index (χ3n) is 11.2. The molecule has 1 atom stereocenters. The molecular weight excluding hydrogens is 776 g/mol. The first-order chi connectivity index (χ1) is 28.8. The van der Waals surface area contributed by atoms with Gasteiger partial charge in [0, 0.05) is 43.5 Å². The highest BCUT2D eigenvalue weighted by Gasteiger charge is 2.38. The van der Waals surface area contributed by atoms with Crippen molar-refractivity contribution in [2.45, 2.75) is 76.8 Å². The highest BCUT2D eigenvalue weighted by Crippen LogP contribution is 2.30. The van der Waals surface area contributed by atoms with Crippen molar-refractivity contribution in [1.82, 2.24) is 15.1 Å². The molecule has 10 nitrogen and oxygen atoms in total. The lowest BCUT2D eigenvalue weighted by Crippen LogP contribution is -2.38. The first-order valence-corrected chi connectivity index (χ1v) is 20.7. The number of halogens is 3. The Labute approximate surface area is 350 Å². The zero-order valence-electron chi connectivity index (χ0n) is 34.3. The minimum Gasteiger partial charge on any atom is -0.497 e. The third-order valence-corrected chi connectivity index (χ3v) is 11.2. The van der Waals surface area contributed by atoms with Crippen molar-refractivity contribution < 1.29 is 47.2 Å². The second-order valence-corrected chi connectivity index (χ2v) is 15.4. The van der Waals surface area contributed by atoms with Gasteiger partial charge in [0.25, 0.3) is 11.8 Å². The fraction of sp³-hybridized carbons (Fsp3) is 0.426. The molecule has 1 unspecified atom stereocenters. The maximum atomic E-state index is 13.8. The van der Waals surface area contributed by atoms with Gasteiger partial charge in [0.1, 0.15) is 5.75 Å². The van der Waals surface area contributed by atoms with Gasteiger partial charge in [-0.15, -0.1) is 0 Å². The van der Waals surface area contributed by atoms with E-state index in [1.54, 1.807) is 36.3 Å². The van der Waals surface area contributed by atoms with Gasteiger partial charge in [0.15, 0.2) is 5.79 Å². The number of hydrogen-bond donors (Lipinski definition) is 3. The number of rotatable bonds is 14. The second-order valence-electron chi connectivity index (χ2n) is 15.4. The quantitative estimate of drug-likeness (QED) is 0.109. The third kappa shape index (κ3) is 13.7. The summed E-state index contributed by atoms with van der Waals surface area (Å²) in [7, 11) is 1.62. The summed E-state index contributed by atoms with van der Waals surface area (Å²) in [6, 6.07) is 23.5. The number of nitrogens with zero attached hydrogens (tertiary/aromatic N) is 2. The van der Waals surface area contributed by atoms with E-state index in [2.05, 4.69) is 11.4 Å². The number of nitrogens with one attached hydrogen (secondary N) is 1. The minimum absolute atomic E-state index is 0.0969. The fourth-order valence-electron chi connectivity index (χ4n) is 7.77. The van der Waals surface area contributed by atoms with Crippen LogP contribution in [-0.4, -0.2) is 89.7 Å². The van der Waals surface area contributed by atoms with Gasteiger partial charge in [-0.05, 0) is 128 Å². The van der Waals surface area contributed by atoms with Crippen LogP contribution < -0.4 is 10.1 Å². The number of alkyl halides is 3. The smallest absolute Gasteiger partial charge is 0.490 e. The first kappa shape index (κ1) is 45.8. The normalized spacial score (nSPS) is 18.7. The summed E-state index contributed by atoms with van der Waals surface area (Å²) in [6.45, 7) is 6.49. The van der Waals surface area contributed by atoms with Crippen molar-refractivity contribution >= 4 is 23.9 Å². The average Bonchev–Trinajstić information content (AvgIpc) is 3.26. The number of carbonyl (C=O) groups excluding carboxylic acids is 2. The standard InChI is InChI=1S/C45H55N3O5.C2HF3O2/c1-3-53-45(51)25-19-41(20-26-45)48(43(49)18-15-36-13-16-42(52-2)17-14-36)33-37-9-5-10-38(31-37)39-11-6-12-40(32-39)44(50)47-29-23-35(24-30-47)8-4-7-34-21-27-46-28-22-34;3-2(4,5)1(6)7/h5-6,9-20,25,31-32,34-35,46,51H,3-4,7-8,21-24,26-30,33H2,1-2H3;(H,6,7). The molecule has 60 heavy (non-hydrogen) atoms. The summed E-state index contributed by atoms with van der Waals surface area (Å²) in [5.41, 5.74) is 5.14. The van der Waals surface area contributed by atoms with E-state index >= 15 is 0 Å². The van der Waals surface area contributed by atoms with E-state index in [4.69, 9.17) is 19.4 Å². The molecule has 2 heterocycles. The number of piperidine rings is 2. The van der Waals surface area contributed by atoms with Crippen molar-refractivity contribution in [3.8, 4) is 16.9 Å². The van der Waals surface area contributed by atoms with E-state index in [0.717, 1.165) is 65.8 Å². The second kappa shape index (κ2) is 21.8. The SMILES string of the molecule is CCOC1(O)C=CC(N(Cc2cccc(-c3cccc(C(=O)N4CCC(CCCC5CCNCC5)CC4)c3)c2)C(=O)C=Cc2ccc(OC)cc2)=CC1.O=C(O)C(F)(F)F. The van der Waals surface area contributed by atoms with E-state index in [1.165, 1.54) is 45.2 Å². The van der Waals surface area contributed by atoms with Gasteiger partial charge >= 0.3 is 12.1 Å². The van der Waals surface area contributed by atoms with Crippen LogP contribution in [-0.2, 0) is 20.9 Å². The van der Waals surface area contributed by atoms with Crippen LogP contribution in [0.4, 0.5) is 13.2 Å². The lowest BCUT2D eigenvalue weighted by Gasteiger charge is -2.32. The number of likely N-dealkylation sites (tertiary alicyclic amines) is 1. The lowest BCUT2D eigenvalue weighted by molar-refractivity contribution is -0.192. The molecule has 1 aliphatic carbocycles. The van der Waals surface area contributed by atoms with Gasteiger partial charge in [-0.1, -0.05) is 67.8 Å². The fourth-order valence-corrected chi connectivity index (χ4v) is 7.77. The maximum absolute atomic E-state index is 13.8. The van der Waals surface area contributed by atoms with Crippen molar-refractivity contribution in [2.24, 2.45) is 11.8 Å². The van der Waals surface area contributed by atoms with E-state index in [9.17, 15) is 27.9 Å². The Kier molecular flexibility index (Phi) is 16.7. The van der Waals surface area contributed by atoms with Crippen LogP contribution in [0.15, 0.2) is 103 Å². The Bertz CT molecular complexity index is 1980.